The molecule has 28 heavy (non-hydrogen) atoms. The number of aromatic nitrogens is 2. The zero-order valence-electron chi connectivity index (χ0n) is 15.5. The third kappa shape index (κ3) is 7.45. The molecule has 2 atom stereocenters. The van der Waals surface area contributed by atoms with Crippen molar-refractivity contribution < 1.29 is 28.5 Å². The lowest BCUT2D eigenvalue weighted by molar-refractivity contribution is -0.128. The lowest BCUT2D eigenvalue weighted by atomic mass is 9.93. The molecule has 1 aromatic rings. The molecule has 2 aliphatic heterocycles. The maximum atomic E-state index is 13.3. The van der Waals surface area contributed by atoms with Crippen molar-refractivity contribution in [1.82, 2.24) is 10.2 Å². The van der Waals surface area contributed by atoms with Crippen LogP contribution in [0.2, 0.25) is 0 Å². The number of halogens is 2. The first kappa shape index (κ1) is 25.8. The predicted octanol–water partition coefficient (Wildman–Crippen LogP) is -0.137. The van der Waals surface area contributed by atoms with Crippen molar-refractivity contribution in [1.29, 1.82) is 5.26 Å². The molecule has 12 heteroatoms. The van der Waals surface area contributed by atoms with Gasteiger partial charge in [-0.05, 0) is 25.7 Å². The van der Waals surface area contributed by atoms with Gasteiger partial charge in [-0.15, -0.1) is 0 Å². The zero-order chi connectivity index (χ0) is 20.2. The Labute approximate surface area is 161 Å². The van der Waals surface area contributed by atoms with E-state index in [1.807, 2.05) is 0 Å². The Morgan fingerprint density at radius 2 is 1.89 bits per heavy atom. The van der Waals surface area contributed by atoms with Gasteiger partial charge in [-0.25, -0.2) is 8.78 Å². The lowest BCUT2D eigenvalue weighted by Gasteiger charge is -2.20. The Hall–Kier alpha value is -2.17. The largest absolute Gasteiger partial charge is 0.412 e. The van der Waals surface area contributed by atoms with E-state index in [1.165, 1.54) is 6.07 Å². The van der Waals surface area contributed by atoms with Gasteiger partial charge in [0.1, 0.15) is 6.07 Å². The zero-order valence-corrected chi connectivity index (χ0v) is 15.5. The molecule has 1 aromatic heterocycles. The Kier molecular flexibility index (Phi) is 12.8. The van der Waals surface area contributed by atoms with E-state index in [9.17, 15) is 13.6 Å². The number of nitrogens with zero attached hydrogens (tertiary/aromatic N) is 2. The van der Waals surface area contributed by atoms with Crippen LogP contribution in [0.3, 0.4) is 0 Å². The fourth-order valence-electron chi connectivity index (χ4n) is 2.85. The number of carbonyl (C=O) groups excluding carboxylic acids is 1. The average Bonchev–Trinajstić information content (AvgIpc) is 3.08. The molecule has 9 N–H and O–H groups in total. The topological polar surface area (TPSA) is 198 Å². The Bertz CT molecular complexity index is 613. The van der Waals surface area contributed by atoms with Crippen LogP contribution in [0, 0.1) is 23.1 Å². The van der Waals surface area contributed by atoms with E-state index in [2.05, 4.69) is 21.9 Å². The number of nitriles is 1. The van der Waals surface area contributed by atoms with E-state index in [-0.39, 0.29) is 23.1 Å². The van der Waals surface area contributed by atoms with E-state index in [0.29, 0.717) is 38.4 Å². The van der Waals surface area contributed by atoms with Crippen LogP contribution in [0.4, 0.5) is 14.6 Å². The summed E-state index contributed by atoms with van der Waals surface area (Å²) in [7, 11) is 0. The van der Waals surface area contributed by atoms with Crippen molar-refractivity contribution in [3.05, 3.63) is 11.5 Å². The van der Waals surface area contributed by atoms with Crippen LogP contribution >= 0.6 is 0 Å². The normalized spacial score (nSPS) is 20.2. The smallest absolute Gasteiger partial charge is 0.243 e. The summed E-state index contributed by atoms with van der Waals surface area (Å²) in [6.45, 7) is 2.31. The van der Waals surface area contributed by atoms with Crippen LogP contribution in [0.5, 0.6) is 0 Å². The van der Waals surface area contributed by atoms with Gasteiger partial charge in [0, 0.05) is 31.7 Å². The number of anilines is 1. The lowest BCUT2D eigenvalue weighted by Crippen LogP contribution is -2.29. The van der Waals surface area contributed by atoms with E-state index in [0.717, 1.165) is 19.4 Å². The van der Waals surface area contributed by atoms with E-state index >= 15 is 0 Å². The second-order valence-electron chi connectivity index (χ2n) is 6.03. The van der Waals surface area contributed by atoms with Crippen molar-refractivity contribution in [2.45, 2.75) is 37.8 Å². The highest BCUT2D eigenvalue weighted by Crippen LogP contribution is 2.27. The summed E-state index contributed by atoms with van der Waals surface area (Å²) in [5.41, 5.74) is 5.77. The Balaban J connectivity index is 0.000000465. The standard InChI is InChI=1S/C8H12FN3O.C8H10FNO2.H4N2.H2O/c9-6-7(11-12-8(6)10)5-2-1-3-13-4-5;9-7(5-10)8(11)6-1-3-12-4-2-6;1-2;/h5H,1-4H2,(H3,10,11,12);6-7H,1-4H2;1-2H2;1H2. The van der Waals surface area contributed by atoms with Gasteiger partial charge < -0.3 is 20.7 Å². The van der Waals surface area contributed by atoms with E-state index in [4.69, 9.17) is 20.5 Å². The van der Waals surface area contributed by atoms with Gasteiger partial charge in [-0.3, -0.25) is 21.6 Å². The highest BCUT2D eigenvalue weighted by molar-refractivity contribution is 5.87. The third-order valence-corrected chi connectivity index (χ3v) is 4.31. The number of hydrazine groups is 1. The second-order valence-corrected chi connectivity index (χ2v) is 6.03. The number of ether oxygens (including phenoxy) is 2. The van der Waals surface area contributed by atoms with Crippen molar-refractivity contribution in [2.75, 3.05) is 32.2 Å². The molecule has 2 saturated heterocycles. The second kappa shape index (κ2) is 13.9. The van der Waals surface area contributed by atoms with Crippen molar-refractivity contribution in [3.63, 3.8) is 0 Å². The molecule has 0 amide bonds. The van der Waals surface area contributed by atoms with Crippen LogP contribution in [0.25, 0.3) is 0 Å². The highest BCUT2D eigenvalue weighted by atomic mass is 19.1. The number of Topliss-reactive ketones (excluding diaryl/α,β-unsaturated/α-hetero) is 1. The van der Waals surface area contributed by atoms with Crippen LogP contribution in [-0.2, 0) is 14.3 Å². The summed E-state index contributed by atoms with van der Waals surface area (Å²) in [6, 6.07) is 1.30. The van der Waals surface area contributed by atoms with Crippen LogP contribution in [-0.4, -0.2) is 54.1 Å². The summed E-state index contributed by atoms with van der Waals surface area (Å²) in [5.74, 6) is 6.71. The minimum Gasteiger partial charge on any atom is -0.412 e. The molecule has 3 rings (SSSR count). The van der Waals surface area contributed by atoms with Gasteiger partial charge in [0.25, 0.3) is 0 Å². The molecule has 3 heterocycles. The first-order valence-corrected chi connectivity index (χ1v) is 8.60. The predicted molar refractivity (Wildman–Crippen MR) is 96.8 cm³/mol. The fourth-order valence-corrected chi connectivity index (χ4v) is 2.85. The SMILES string of the molecule is N#CC(F)C(=O)C1CCOCC1.NN.Nc1n[nH]c(C2CCCOC2)c1F.O. The number of rotatable bonds is 3. The summed E-state index contributed by atoms with van der Waals surface area (Å²) in [4.78, 5) is 11.1. The number of ketones is 1. The van der Waals surface area contributed by atoms with Gasteiger partial charge in [-0.1, -0.05) is 0 Å². The van der Waals surface area contributed by atoms with Gasteiger partial charge >= 0.3 is 0 Å². The number of aromatic amines is 1. The molecule has 0 saturated carbocycles. The van der Waals surface area contributed by atoms with Crippen LogP contribution < -0.4 is 17.4 Å². The molecule has 2 unspecified atom stereocenters. The van der Waals surface area contributed by atoms with Crippen molar-refractivity contribution in [2.24, 2.45) is 17.6 Å². The van der Waals surface area contributed by atoms with Crippen molar-refractivity contribution >= 4 is 11.6 Å². The summed E-state index contributed by atoms with van der Waals surface area (Å²) in [6.07, 6.45) is 1.02. The van der Waals surface area contributed by atoms with Gasteiger partial charge in [0.15, 0.2) is 17.4 Å². The first-order valence-electron chi connectivity index (χ1n) is 8.60. The third-order valence-electron chi connectivity index (χ3n) is 4.31. The maximum Gasteiger partial charge on any atom is 0.243 e. The molecule has 0 bridgehead atoms. The van der Waals surface area contributed by atoms with Crippen molar-refractivity contribution in [3.8, 4) is 6.07 Å². The minimum absolute atomic E-state index is 0. The molecular formula is C16H28F2N6O4. The van der Waals surface area contributed by atoms with Gasteiger partial charge in [0.05, 0.1) is 12.3 Å². The van der Waals surface area contributed by atoms with Gasteiger partial charge in [0.2, 0.25) is 6.17 Å². The minimum atomic E-state index is -1.95. The van der Waals surface area contributed by atoms with Crippen LogP contribution in [0.1, 0.15) is 37.3 Å². The number of nitrogens with two attached hydrogens (primary N) is 3. The maximum absolute atomic E-state index is 13.3. The van der Waals surface area contributed by atoms with E-state index < -0.39 is 17.8 Å². The fraction of sp³-hybridized carbons (Fsp3) is 0.688. The molecule has 160 valence electrons. The molecule has 0 spiro atoms. The van der Waals surface area contributed by atoms with E-state index in [1.54, 1.807) is 0 Å². The first-order chi connectivity index (χ1) is 13.0. The van der Waals surface area contributed by atoms with Crippen LogP contribution in [0.15, 0.2) is 0 Å². The molecule has 2 aliphatic rings. The summed E-state index contributed by atoms with van der Waals surface area (Å²) < 4.78 is 36.1. The monoisotopic (exact) mass is 406 g/mol. The number of nitrogens with one attached hydrogen (secondary N) is 1. The number of alkyl halides is 1. The highest BCUT2D eigenvalue weighted by Gasteiger charge is 2.28. The molecular weight excluding hydrogens is 378 g/mol. The molecule has 2 fully saturated rings. The summed E-state index contributed by atoms with van der Waals surface area (Å²) >= 11 is 0. The summed E-state index contributed by atoms with van der Waals surface area (Å²) in [5, 5.41) is 14.4. The molecule has 10 nitrogen and oxygen atoms in total. The molecule has 0 aliphatic carbocycles. The Morgan fingerprint density at radius 1 is 1.25 bits per heavy atom. The number of hydrogen-bond acceptors (Lipinski definition) is 8. The number of hydrogen-bond donors (Lipinski definition) is 4. The number of nitrogen functional groups attached to an aromatic ring is 1. The molecule has 0 aromatic carbocycles. The average molecular weight is 406 g/mol. The Morgan fingerprint density at radius 3 is 2.36 bits per heavy atom. The van der Waals surface area contributed by atoms with Gasteiger partial charge in [-0.2, -0.15) is 10.4 Å². The molecule has 0 radical (unpaired) electrons. The quantitative estimate of drug-likeness (QED) is 0.392. The number of carbonyl (C=O) groups is 1. The number of H-pyrrole nitrogens is 1.